The van der Waals surface area contributed by atoms with Gasteiger partial charge in [0.15, 0.2) is 11.6 Å². The largest absolute Gasteiger partial charge is 0.339 e. The van der Waals surface area contributed by atoms with E-state index in [4.69, 9.17) is 11.6 Å². The van der Waals surface area contributed by atoms with Gasteiger partial charge in [-0.15, -0.1) is 11.6 Å². The summed E-state index contributed by atoms with van der Waals surface area (Å²) in [5.41, 5.74) is 0.548. The lowest BCUT2D eigenvalue weighted by Gasteiger charge is -2.27. The van der Waals surface area contributed by atoms with Crippen LogP contribution in [0, 0.1) is 17.6 Å². The molecule has 2 nitrogen and oxygen atoms in total. The van der Waals surface area contributed by atoms with Crippen LogP contribution in [0.5, 0.6) is 0 Å². The van der Waals surface area contributed by atoms with Crippen molar-refractivity contribution in [2.24, 2.45) is 5.92 Å². The Balaban J connectivity index is 2.89. The highest BCUT2D eigenvalue weighted by atomic mass is 35.5. The van der Waals surface area contributed by atoms with Gasteiger partial charge in [0.2, 0.25) is 5.91 Å². The Morgan fingerprint density at radius 1 is 1.33 bits per heavy atom. The maximum atomic E-state index is 13.1. The minimum atomic E-state index is -0.911. The van der Waals surface area contributed by atoms with Gasteiger partial charge in [0.05, 0.1) is 6.04 Å². The van der Waals surface area contributed by atoms with Crippen molar-refractivity contribution < 1.29 is 13.6 Å². The van der Waals surface area contributed by atoms with E-state index in [9.17, 15) is 13.6 Å². The predicted octanol–water partition coefficient (Wildman–Crippen LogP) is 3.36. The van der Waals surface area contributed by atoms with Gasteiger partial charge in [-0.2, -0.15) is 0 Å². The molecule has 5 heteroatoms. The number of hydrogen-bond donors (Lipinski definition) is 0. The van der Waals surface area contributed by atoms with E-state index in [0.717, 1.165) is 12.1 Å². The lowest BCUT2D eigenvalue weighted by molar-refractivity contribution is -0.134. The van der Waals surface area contributed by atoms with Crippen molar-refractivity contribution in [3.63, 3.8) is 0 Å². The van der Waals surface area contributed by atoms with Gasteiger partial charge in [0.25, 0.3) is 0 Å². The van der Waals surface area contributed by atoms with Crippen LogP contribution in [0.4, 0.5) is 8.78 Å². The first-order valence-corrected chi connectivity index (χ1v) is 6.19. The Hall–Kier alpha value is -1.16. The van der Waals surface area contributed by atoms with E-state index >= 15 is 0 Å². The third-order valence-corrected chi connectivity index (χ3v) is 3.47. The predicted molar refractivity (Wildman–Crippen MR) is 67.4 cm³/mol. The van der Waals surface area contributed by atoms with Crippen LogP contribution >= 0.6 is 11.6 Å². The fraction of sp³-hybridized carbons (Fsp3) is 0.462. The molecule has 0 saturated heterocycles. The van der Waals surface area contributed by atoms with Crippen molar-refractivity contribution in [2.75, 3.05) is 12.9 Å². The molecule has 1 aromatic carbocycles. The Morgan fingerprint density at radius 2 is 1.94 bits per heavy atom. The number of nitrogens with zero attached hydrogens (tertiary/aromatic N) is 1. The molecule has 2 unspecified atom stereocenters. The first-order chi connectivity index (χ1) is 8.38. The summed E-state index contributed by atoms with van der Waals surface area (Å²) in [6.07, 6.45) is 0. The standard InChI is InChI=1S/C13H16ClF2NO/c1-8(7-14)13(18)17(3)9(2)10-4-5-11(15)12(16)6-10/h4-6,8-9H,7H2,1-3H3. The van der Waals surface area contributed by atoms with Gasteiger partial charge in [-0.3, -0.25) is 4.79 Å². The molecular weight excluding hydrogens is 260 g/mol. The molecule has 0 heterocycles. The van der Waals surface area contributed by atoms with Crippen molar-refractivity contribution in [1.29, 1.82) is 0 Å². The Morgan fingerprint density at radius 3 is 2.44 bits per heavy atom. The van der Waals surface area contributed by atoms with Crippen LogP contribution in [0.25, 0.3) is 0 Å². The number of hydrogen-bond acceptors (Lipinski definition) is 1. The number of benzene rings is 1. The van der Waals surface area contributed by atoms with Crippen LogP contribution < -0.4 is 0 Å². The highest BCUT2D eigenvalue weighted by Gasteiger charge is 2.22. The molecule has 0 fully saturated rings. The Bertz CT molecular complexity index is 439. The van der Waals surface area contributed by atoms with Crippen molar-refractivity contribution in [1.82, 2.24) is 4.90 Å². The quantitative estimate of drug-likeness (QED) is 0.772. The maximum Gasteiger partial charge on any atom is 0.226 e. The maximum absolute atomic E-state index is 13.1. The molecule has 0 spiro atoms. The average molecular weight is 276 g/mol. The van der Waals surface area contributed by atoms with E-state index in [1.165, 1.54) is 11.0 Å². The van der Waals surface area contributed by atoms with Gasteiger partial charge in [0.1, 0.15) is 0 Å². The molecule has 2 atom stereocenters. The summed E-state index contributed by atoms with van der Waals surface area (Å²) in [5, 5.41) is 0. The molecule has 1 aromatic rings. The van der Waals surface area contributed by atoms with E-state index in [2.05, 4.69) is 0 Å². The second kappa shape index (κ2) is 6.14. The third kappa shape index (κ3) is 3.19. The summed E-state index contributed by atoms with van der Waals surface area (Å²) in [7, 11) is 1.62. The van der Waals surface area contributed by atoms with Crippen molar-refractivity contribution in [2.45, 2.75) is 19.9 Å². The van der Waals surface area contributed by atoms with Gasteiger partial charge in [-0.1, -0.05) is 13.0 Å². The van der Waals surface area contributed by atoms with Crippen LogP contribution in [-0.2, 0) is 4.79 Å². The lowest BCUT2D eigenvalue weighted by Crippen LogP contribution is -2.34. The molecule has 0 saturated carbocycles. The molecule has 0 radical (unpaired) electrons. The lowest BCUT2D eigenvalue weighted by atomic mass is 10.1. The molecule has 0 N–H and O–H groups in total. The van der Waals surface area contributed by atoms with E-state index in [0.29, 0.717) is 5.56 Å². The smallest absolute Gasteiger partial charge is 0.226 e. The van der Waals surface area contributed by atoms with E-state index in [-0.39, 0.29) is 23.7 Å². The van der Waals surface area contributed by atoms with Crippen LogP contribution in [-0.4, -0.2) is 23.7 Å². The third-order valence-electron chi connectivity index (χ3n) is 3.01. The highest BCUT2D eigenvalue weighted by Crippen LogP contribution is 2.22. The second-order valence-corrected chi connectivity index (χ2v) is 4.66. The number of carbonyl (C=O) groups is 1. The molecule has 1 amide bonds. The molecule has 0 aliphatic carbocycles. The van der Waals surface area contributed by atoms with Gasteiger partial charge in [-0.05, 0) is 24.6 Å². The van der Waals surface area contributed by atoms with Crippen LogP contribution in [0.3, 0.4) is 0 Å². The van der Waals surface area contributed by atoms with E-state index in [1.807, 2.05) is 0 Å². The number of carbonyl (C=O) groups excluding carboxylic acids is 1. The summed E-state index contributed by atoms with van der Waals surface area (Å²) in [6.45, 7) is 3.48. The van der Waals surface area contributed by atoms with Crippen LogP contribution in [0.1, 0.15) is 25.5 Å². The van der Waals surface area contributed by atoms with Crippen LogP contribution in [0.15, 0.2) is 18.2 Å². The molecule has 1 rings (SSSR count). The fourth-order valence-corrected chi connectivity index (χ4v) is 1.73. The molecule has 0 aliphatic heterocycles. The first kappa shape index (κ1) is 14.9. The molecule has 0 bridgehead atoms. The zero-order valence-electron chi connectivity index (χ0n) is 10.6. The summed E-state index contributed by atoms with van der Waals surface area (Å²) in [4.78, 5) is 13.4. The van der Waals surface area contributed by atoms with E-state index < -0.39 is 11.6 Å². The number of rotatable bonds is 4. The summed E-state index contributed by atoms with van der Waals surface area (Å²) in [6, 6.07) is 3.30. The highest BCUT2D eigenvalue weighted by molar-refractivity contribution is 6.19. The number of halogens is 3. The monoisotopic (exact) mass is 275 g/mol. The van der Waals surface area contributed by atoms with E-state index in [1.54, 1.807) is 20.9 Å². The van der Waals surface area contributed by atoms with Gasteiger partial charge < -0.3 is 4.90 Å². The van der Waals surface area contributed by atoms with Crippen molar-refractivity contribution in [3.05, 3.63) is 35.4 Å². The summed E-state index contributed by atoms with van der Waals surface area (Å²) < 4.78 is 26.0. The summed E-state index contributed by atoms with van der Waals surface area (Å²) >= 11 is 5.63. The Labute approximate surface area is 111 Å². The molecule has 18 heavy (non-hydrogen) atoms. The molecular formula is C13H16ClF2NO. The Kier molecular flexibility index (Phi) is 5.08. The van der Waals surface area contributed by atoms with Crippen LogP contribution in [0.2, 0.25) is 0 Å². The van der Waals surface area contributed by atoms with Gasteiger partial charge in [0, 0.05) is 18.8 Å². The fourth-order valence-electron chi connectivity index (χ4n) is 1.60. The minimum Gasteiger partial charge on any atom is -0.339 e. The SMILES string of the molecule is CC(CCl)C(=O)N(C)C(C)c1ccc(F)c(F)c1. The molecule has 0 aromatic heterocycles. The normalized spacial score (nSPS) is 14.1. The van der Waals surface area contributed by atoms with Crippen molar-refractivity contribution >= 4 is 17.5 Å². The van der Waals surface area contributed by atoms with Crippen molar-refractivity contribution in [3.8, 4) is 0 Å². The number of alkyl halides is 1. The first-order valence-electron chi connectivity index (χ1n) is 5.66. The zero-order chi connectivity index (χ0) is 13.9. The van der Waals surface area contributed by atoms with Gasteiger partial charge >= 0.3 is 0 Å². The molecule has 100 valence electrons. The summed E-state index contributed by atoms with van der Waals surface area (Å²) in [5.74, 6) is -2.00. The second-order valence-electron chi connectivity index (χ2n) is 4.35. The minimum absolute atomic E-state index is 0.123. The zero-order valence-corrected chi connectivity index (χ0v) is 11.3. The average Bonchev–Trinajstić information content (AvgIpc) is 2.38. The van der Waals surface area contributed by atoms with Gasteiger partial charge in [-0.25, -0.2) is 8.78 Å². The topological polar surface area (TPSA) is 20.3 Å². The number of amides is 1. The molecule has 0 aliphatic rings.